The topological polar surface area (TPSA) is 110 Å². The molecule has 1 aromatic carbocycles. The van der Waals surface area contributed by atoms with Crippen molar-refractivity contribution in [3.8, 4) is 11.6 Å². The number of rotatable bonds is 8. The predicted molar refractivity (Wildman–Crippen MR) is 122 cm³/mol. The molecule has 0 saturated carbocycles. The Labute approximate surface area is 191 Å². The van der Waals surface area contributed by atoms with Gasteiger partial charge in [0.15, 0.2) is 10.9 Å². The Morgan fingerprint density at radius 2 is 2.03 bits per heavy atom. The minimum absolute atomic E-state index is 0.153. The fourth-order valence-electron chi connectivity index (χ4n) is 3.65. The van der Waals surface area contributed by atoms with Gasteiger partial charge in [0.1, 0.15) is 0 Å². The molecule has 9 nitrogen and oxygen atoms in total. The molecular formula is C21H25N5O4S2. The zero-order chi connectivity index (χ0) is 22.6. The maximum atomic E-state index is 12.6. The number of hydrogen-bond acceptors (Lipinski definition) is 7. The van der Waals surface area contributed by atoms with E-state index in [1.165, 1.54) is 22.3 Å². The minimum atomic E-state index is -3.26. The van der Waals surface area contributed by atoms with Crippen molar-refractivity contribution in [2.75, 3.05) is 25.1 Å². The minimum Gasteiger partial charge on any atom is -0.461 e. The zero-order valence-electron chi connectivity index (χ0n) is 17.7. The summed E-state index contributed by atoms with van der Waals surface area (Å²) in [5.41, 5.74) is 1.08. The number of nitrogens with one attached hydrogen (secondary N) is 1. The predicted octanol–water partition coefficient (Wildman–Crippen LogP) is 2.22. The van der Waals surface area contributed by atoms with Gasteiger partial charge >= 0.3 is 0 Å². The molecule has 2 aromatic heterocycles. The highest BCUT2D eigenvalue weighted by molar-refractivity contribution is 7.99. The molecule has 1 saturated heterocycles. The van der Waals surface area contributed by atoms with Crippen molar-refractivity contribution in [2.45, 2.75) is 30.6 Å². The molecule has 11 heteroatoms. The summed E-state index contributed by atoms with van der Waals surface area (Å²) in [5.74, 6) is 1.19. The van der Waals surface area contributed by atoms with Gasteiger partial charge in [-0.2, -0.15) is 0 Å². The van der Waals surface area contributed by atoms with E-state index >= 15 is 0 Å². The molecule has 4 rings (SSSR count). The second-order valence-electron chi connectivity index (χ2n) is 7.67. The molecular weight excluding hydrogens is 450 g/mol. The Morgan fingerprint density at radius 1 is 1.22 bits per heavy atom. The summed E-state index contributed by atoms with van der Waals surface area (Å²) in [6, 6.07) is 13.4. The van der Waals surface area contributed by atoms with Gasteiger partial charge in [-0.3, -0.25) is 9.36 Å². The van der Waals surface area contributed by atoms with Gasteiger partial charge in [-0.25, -0.2) is 12.7 Å². The number of thioether (sulfide) groups is 1. The molecule has 170 valence electrons. The number of carbonyl (C=O) groups is 1. The fourth-order valence-corrected chi connectivity index (χ4v) is 5.31. The van der Waals surface area contributed by atoms with Gasteiger partial charge in [0.05, 0.1) is 24.8 Å². The summed E-state index contributed by atoms with van der Waals surface area (Å²) in [6.45, 7) is 1.35. The number of aromatic nitrogens is 3. The third kappa shape index (κ3) is 5.59. The molecule has 1 atom stereocenters. The molecule has 1 N–H and O–H groups in total. The molecule has 1 unspecified atom stereocenters. The van der Waals surface area contributed by atoms with Crippen LogP contribution in [0.5, 0.6) is 0 Å². The van der Waals surface area contributed by atoms with E-state index in [1.807, 2.05) is 41.0 Å². The first-order valence-electron chi connectivity index (χ1n) is 10.3. The van der Waals surface area contributed by atoms with E-state index in [9.17, 15) is 13.2 Å². The molecule has 32 heavy (non-hydrogen) atoms. The van der Waals surface area contributed by atoms with Crippen molar-refractivity contribution in [2.24, 2.45) is 0 Å². The van der Waals surface area contributed by atoms with Gasteiger partial charge in [-0.1, -0.05) is 42.1 Å². The smallest absolute Gasteiger partial charge is 0.230 e. The second-order valence-corrected chi connectivity index (χ2v) is 10.6. The maximum Gasteiger partial charge on any atom is 0.230 e. The normalized spacial score (nSPS) is 17.3. The van der Waals surface area contributed by atoms with Gasteiger partial charge < -0.3 is 9.73 Å². The quantitative estimate of drug-likeness (QED) is 0.497. The standard InChI is InChI=1S/C21H25N5O4S2/c1-32(28,29)25-11-5-9-17(14-25)22-19(27)15-31-21-24-23-20(18-10-6-12-30-18)26(21)13-16-7-3-2-4-8-16/h2-4,6-8,10,12,17H,5,9,11,13-15H2,1H3,(H,22,27). The van der Waals surface area contributed by atoms with E-state index < -0.39 is 10.0 Å². The number of furan rings is 1. The summed E-state index contributed by atoms with van der Waals surface area (Å²) >= 11 is 1.29. The van der Waals surface area contributed by atoms with Crippen molar-refractivity contribution < 1.29 is 17.6 Å². The maximum absolute atomic E-state index is 12.6. The van der Waals surface area contributed by atoms with E-state index in [0.29, 0.717) is 36.4 Å². The molecule has 0 bridgehead atoms. The van der Waals surface area contributed by atoms with Gasteiger partial charge in [-0.05, 0) is 30.5 Å². The molecule has 1 fully saturated rings. The van der Waals surface area contributed by atoms with Crippen molar-refractivity contribution in [1.29, 1.82) is 0 Å². The van der Waals surface area contributed by atoms with Crippen molar-refractivity contribution in [3.63, 3.8) is 0 Å². The van der Waals surface area contributed by atoms with Crippen LogP contribution in [0.15, 0.2) is 58.3 Å². The van der Waals surface area contributed by atoms with E-state index in [-0.39, 0.29) is 17.7 Å². The highest BCUT2D eigenvalue weighted by atomic mass is 32.2. The van der Waals surface area contributed by atoms with Gasteiger partial charge in [0, 0.05) is 19.1 Å². The number of sulfonamides is 1. The number of amides is 1. The summed E-state index contributed by atoms with van der Waals surface area (Å²) < 4.78 is 32.5. The third-order valence-electron chi connectivity index (χ3n) is 5.19. The second kappa shape index (κ2) is 9.88. The lowest BCUT2D eigenvalue weighted by Gasteiger charge is -2.31. The van der Waals surface area contributed by atoms with E-state index in [0.717, 1.165) is 18.4 Å². The Balaban J connectivity index is 1.43. The van der Waals surface area contributed by atoms with Crippen LogP contribution in [0.3, 0.4) is 0 Å². The molecule has 1 amide bonds. The van der Waals surface area contributed by atoms with E-state index in [4.69, 9.17) is 4.42 Å². The SMILES string of the molecule is CS(=O)(=O)N1CCCC(NC(=O)CSc2nnc(-c3ccco3)n2Cc2ccccc2)C1. The van der Waals surface area contributed by atoms with Gasteiger partial charge in [0.25, 0.3) is 0 Å². The zero-order valence-corrected chi connectivity index (χ0v) is 19.3. The van der Waals surface area contributed by atoms with E-state index in [2.05, 4.69) is 15.5 Å². The van der Waals surface area contributed by atoms with Crippen LogP contribution in [0.1, 0.15) is 18.4 Å². The number of nitrogens with zero attached hydrogens (tertiary/aromatic N) is 4. The first-order valence-corrected chi connectivity index (χ1v) is 13.1. The largest absolute Gasteiger partial charge is 0.461 e. The molecule has 0 aliphatic carbocycles. The Morgan fingerprint density at radius 3 is 2.75 bits per heavy atom. The highest BCUT2D eigenvalue weighted by Gasteiger charge is 2.27. The van der Waals surface area contributed by atoms with Gasteiger partial charge in [-0.15, -0.1) is 10.2 Å². The van der Waals surface area contributed by atoms with Crippen LogP contribution in [0.4, 0.5) is 0 Å². The van der Waals surface area contributed by atoms with E-state index in [1.54, 1.807) is 12.3 Å². The van der Waals surface area contributed by atoms with Crippen molar-refractivity contribution in [3.05, 3.63) is 54.3 Å². The van der Waals surface area contributed by atoms with Crippen LogP contribution in [0.25, 0.3) is 11.6 Å². The lowest BCUT2D eigenvalue weighted by atomic mass is 10.1. The average molecular weight is 476 g/mol. The molecule has 1 aliphatic heterocycles. The molecule has 3 aromatic rings. The third-order valence-corrected chi connectivity index (χ3v) is 7.43. The number of benzene rings is 1. The Kier molecular flexibility index (Phi) is 6.97. The lowest BCUT2D eigenvalue weighted by Crippen LogP contribution is -2.49. The highest BCUT2D eigenvalue weighted by Crippen LogP contribution is 2.25. The van der Waals surface area contributed by atoms with Crippen LogP contribution in [-0.4, -0.2) is 64.5 Å². The van der Waals surface area contributed by atoms with Crippen LogP contribution in [0, 0.1) is 0 Å². The Bertz CT molecular complexity index is 1150. The number of hydrogen-bond donors (Lipinski definition) is 1. The first kappa shape index (κ1) is 22.6. The van der Waals surface area contributed by atoms with Gasteiger partial charge in [0.2, 0.25) is 21.8 Å². The number of carbonyl (C=O) groups excluding carboxylic acids is 1. The van der Waals surface area contributed by atoms with Crippen LogP contribution in [-0.2, 0) is 21.4 Å². The summed E-state index contributed by atoms with van der Waals surface area (Å²) in [5, 5.41) is 12.1. The fraction of sp³-hybridized carbons (Fsp3) is 0.381. The molecule has 0 spiro atoms. The summed E-state index contributed by atoms with van der Waals surface area (Å²) in [6.07, 6.45) is 4.27. The van der Waals surface area contributed by atoms with Crippen LogP contribution in [0.2, 0.25) is 0 Å². The monoisotopic (exact) mass is 475 g/mol. The van der Waals surface area contributed by atoms with Crippen LogP contribution < -0.4 is 5.32 Å². The molecule has 3 heterocycles. The number of piperidine rings is 1. The first-order chi connectivity index (χ1) is 15.4. The Hall–Kier alpha value is -2.63. The van der Waals surface area contributed by atoms with Crippen molar-refractivity contribution >= 4 is 27.7 Å². The van der Waals surface area contributed by atoms with Crippen molar-refractivity contribution in [1.82, 2.24) is 24.4 Å². The van der Waals surface area contributed by atoms with Crippen LogP contribution >= 0.6 is 11.8 Å². The lowest BCUT2D eigenvalue weighted by molar-refractivity contribution is -0.119. The molecule has 0 radical (unpaired) electrons. The average Bonchev–Trinajstić information content (AvgIpc) is 3.43. The summed E-state index contributed by atoms with van der Waals surface area (Å²) in [7, 11) is -3.26. The molecule has 1 aliphatic rings. The summed E-state index contributed by atoms with van der Waals surface area (Å²) in [4.78, 5) is 12.6.